The quantitative estimate of drug-likeness (QED) is 0.790. The molecule has 0 fully saturated rings. The molecular formula is C15H11BrClNO4. The largest absolute Gasteiger partial charge is 0.507 e. The van der Waals surface area contributed by atoms with E-state index in [4.69, 9.17) is 16.3 Å². The van der Waals surface area contributed by atoms with Gasteiger partial charge in [0.2, 0.25) is 0 Å². The van der Waals surface area contributed by atoms with Gasteiger partial charge in [-0.15, -0.1) is 0 Å². The smallest absolute Gasteiger partial charge is 0.342 e. The van der Waals surface area contributed by atoms with Gasteiger partial charge in [0, 0.05) is 9.50 Å². The Morgan fingerprint density at radius 2 is 1.95 bits per heavy atom. The summed E-state index contributed by atoms with van der Waals surface area (Å²) in [6.45, 7) is -0.470. The Morgan fingerprint density at radius 3 is 2.64 bits per heavy atom. The van der Waals surface area contributed by atoms with Crippen LogP contribution in [-0.4, -0.2) is 23.6 Å². The fourth-order valence-electron chi connectivity index (χ4n) is 1.64. The number of esters is 1. The van der Waals surface area contributed by atoms with E-state index in [0.29, 0.717) is 15.2 Å². The Balaban J connectivity index is 1.93. The van der Waals surface area contributed by atoms with Crippen LogP contribution in [0.1, 0.15) is 10.4 Å². The van der Waals surface area contributed by atoms with Gasteiger partial charge < -0.3 is 15.2 Å². The van der Waals surface area contributed by atoms with Gasteiger partial charge in [-0.05, 0) is 46.3 Å². The van der Waals surface area contributed by atoms with Crippen molar-refractivity contribution < 1.29 is 19.4 Å². The van der Waals surface area contributed by atoms with E-state index in [1.165, 1.54) is 18.2 Å². The molecule has 0 radical (unpaired) electrons. The van der Waals surface area contributed by atoms with E-state index in [9.17, 15) is 14.7 Å². The Hall–Kier alpha value is -2.05. The maximum absolute atomic E-state index is 11.8. The SMILES string of the molecule is O=C(COC(=O)c1ccc(Cl)cc1O)Nc1ccccc1Br. The molecule has 1 amide bonds. The fourth-order valence-corrected chi connectivity index (χ4v) is 2.19. The van der Waals surface area contributed by atoms with Gasteiger partial charge in [0.1, 0.15) is 11.3 Å². The molecule has 114 valence electrons. The Labute approximate surface area is 140 Å². The van der Waals surface area contributed by atoms with E-state index in [1.807, 2.05) is 6.07 Å². The lowest BCUT2D eigenvalue weighted by atomic mass is 10.2. The second-order valence-electron chi connectivity index (χ2n) is 4.27. The van der Waals surface area contributed by atoms with Gasteiger partial charge >= 0.3 is 5.97 Å². The Morgan fingerprint density at radius 1 is 1.23 bits per heavy atom. The molecule has 0 aliphatic rings. The molecule has 0 saturated heterocycles. The third-order valence-corrected chi connectivity index (χ3v) is 3.59. The number of para-hydroxylation sites is 1. The average molecular weight is 385 g/mol. The summed E-state index contributed by atoms with van der Waals surface area (Å²) in [7, 11) is 0. The van der Waals surface area contributed by atoms with Gasteiger partial charge in [-0.1, -0.05) is 23.7 Å². The summed E-state index contributed by atoms with van der Waals surface area (Å²) >= 11 is 8.96. The summed E-state index contributed by atoms with van der Waals surface area (Å²) in [4.78, 5) is 23.5. The van der Waals surface area contributed by atoms with Gasteiger partial charge in [-0.3, -0.25) is 4.79 Å². The zero-order chi connectivity index (χ0) is 16.1. The number of halogens is 2. The summed E-state index contributed by atoms with van der Waals surface area (Å²) in [6, 6.07) is 11.0. The molecule has 2 aromatic rings. The van der Waals surface area contributed by atoms with E-state index in [2.05, 4.69) is 21.2 Å². The number of aromatic hydroxyl groups is 1. The van der Waals surface area contributed by atoms with Crippen molar-refractivity contribution in [3.05, 3.63) is 57.5 Å². The average Bonchev–Trinajstić information content (AvgIpc) is 2.47. The monoisotopic (exact) mass is 383 g/mol. The molecular weight excluding hydrogens is 374 g/mol. The van der Waals surface area contributed by atoms with Gasteiger partial charge in [0.25, 0.3) is 5.91 Å². The molecule has 0 saturated carbocycles. The minimum absolute atomic E-state index is 0.0573. The maximum Gasteiger partial charge on any atom is 0.342 e. The van der Waals surface area contributed by atoms with Crippen molar-refractivity contribution in [3.63, 3.8) is 0 Å². The third kappa shape index (κ3) is 4.22. The van der Waals surface area contributed by atoms with Crippen molar-refractivity contribution in [3.8, 4) is 5.75 Å². The molecule has 0 atom stereocenters. The summed E-state index contributed by atoms with van der Waals surface area (Å²) < 4.78 is 5.57. The van der Waals surface area contributed by atoms with Crippen LogP contribution in [0.25, 0.3) is 0 Å². The zero-order valence-corrected chi connectivity index (χ0v) is 13.5. The minimum Gasteiger partial charge on any atom is -0.507 e. The van der Waals surface area contributed by atoms with Crippen LogP contribution in [0.15, 0.2) is 46.9 Å². The molecule has 0 spiro atoms. The highest BCUT2D eigenvalue weighted by Crippen LogP contribution is 2.23. The summed E-state index contributed by atoms with van der Waals surface area (Å²) in [5.74, 6) is -1.60. The molecule has 7 heteroatoms. The van der Waals surface area contributed by atoms with Crippen molar-refractivity contribution in [2.24, 2.45) is 0 Å². The number of hydrogen-bond acceptors (Lipinski definition) is 4. The van der Waals surface area contributed by atoms with E-state index >= 15 is 0 Å². The number of phenols is 1. The maximum atomic E-state index is 11.8. The molecule has 0 aromatic heterocycles. The zero-order valence-electron chi connectivity index (χ0n) is 11.2. The first-order chi connectivity index (χ1) is 10.5. The molecule has 0 bridgehead atoms. The second kappa shape index (κ2) is 7.29. The number of nitrogens with one attached hydrogen (secondary N) is 1. The van der Waals surface area contributed by atoms with Gasteiger partial charge in [0.05, 0.1) is 5.69 Å². The molecule has 2 aromatic carbocycles. The number of amides is 1. The van der Waals surface area contributed by atoms with Crippen LogP contribution in [0.2, 0.25) is 5.02 Å². The Kier molecular flexibility index (Phi) is 5.41. The molecule has 5 nitrogen and oxygen atoms in total. The molecule has 2 N–H and O–H groups in total. The van der Waals surface area contributed by atoms with Gasteiger partial charge in [0.15, 0.2) is 6.61 Å². The topological polar surface area (TPSA) is 75.6 Å². The predicted octanol–water partition coefficient (Wildman–Crippen LogP) is 3.60. The van der Waals surface area contributed by atoms with E-state index in [-0.39, 0.29) is 11.3 Å². The lowest BCUT2D eigenvalue weighted by Gasteiger charge is -2.08. The normalized spacial score (nSPS) is 10.1. The first-order valence-corrected chi connectivity index (χ1v) is 7.34. The molecule has 22 heavy (non-hydrogen) atoms. The molecule has 2 rings (SSSR count). The predicted molar refractivity (Wildman–Crippen MR) is 86.2 cm³/mol. The van der Waals surface area contributed by atoms with Crippen molar-refractivity contribution in [2.45, 2.75) is 0 Å². The van der Waals surface area contributed by atoms with Crippen LogP contribution < -0.4 is 5.32 Å². The lowest BCUT2D eigenvalue weighted by molar-refractivity contribution is -0.119. The van der Waals surface area contributed by atoms with Crippen LogP contribution >= 0.6 is 27.5 Å². The van der Waals surface area contributed by atoms with Crippen LogP contribution in [0, 0.1) is 0 Å². The molecule has 0 heterocycles. The highest BCUT2D eigenvalue weighted by Gasteiger charge is 2.15. The number of hydrogen-bond donors (Lipinski definition) is 2. The van der Waals surface area contributed by atoms with Crippen LogP contribution in [0.4, 0.5) is 5.69 Å². The number of phenolic OH excluding ortho intramolecular Hbond substituents is 1. The van der Waals surface area contributed by atoms with Crippen molar-refractivity contribution in [1.82, 2.24) is 0 Å². The van der Waals surface area contributed by atoms with Crippen molar-refractivity contribution in [1.29, 1.82) is 0 Å². The van der Waals surface area contributed by atoms with E-state index in [0.717, 1.165) is 0 Å². The third-order valence-electron chi connectivity index (χ3n) is 2.66. The number of anilines is 1. The number of carbonyl (C=O) groups excluding carboxylic acids is 2. The van der Waals surface area contributed by atoms with E-state index < -0.39 is 18.5 Å². The first kappa shape index (κ1) is 16.3. The second-order valence-corrected chi connectivity index (χ2v) is 5.56. The standard InChI is InChI=1S/C15H11BrClNO4/c16-11-3-1-2-4-12(11)18-14(20)8-22-15(21)10-6-5-9(17)7-13(10)19/h1-7,19H,8H2,(H,18,20). The number of rotatable bonds is 4. The molecule has 0 unspecified atom stereocenters. The van der Waals surface area contributed by atoms with Crippen LogP contribution in [-0.2, 0) is 9.53 Å². The van der Waals surface area contributed by atoms with E-state index in [1.54, 1.807) is 18.2 Å². The highest BCUT2D eigenvalue weighted by atomic mass is 79.9. The highest BCUT2D eigenvalue weighted by molar-refractivity contribution is 9.10. The van der Waals surface area contributed by atoms with Gasteiger partial charge in [-0.2, -0.15) is 0 Å². The number of ether oxygens (including phenoxy) is 1. The number of carbonyl (C=O) groups is 2. The minimum atomic E-state index is -0.809. The summed E-state index contributed by atoms with van der Waals surface area (Å²) in [5.41, 5.74) is 0.510. The van der Waals surface area contributed by atoms with Crippen LogP contribution in [0.5, 0.6) is 5.75 Å². The first-order valence-electron chi connectivity index (χ1n) is 6.17. The molecule has 0 aliphatic heterocycles. The fraction of sp³-hybridized carbons (Fsp3) is 0.0667. The van der Waals surface area contributed by atoms with Crippen molar-refractivity contribution >= 4 is 45.1 Å². The Bertz CT molecular complexity index is 720. The lowest BCUT2D eigenvalue weighted by Crippen LogP contribution is -2.21. The molecule has 0 aliphatic carbocycles. The summed E-state index contributed by atoms with van der Waals surface area (Å²) in [6.07, 6.45) is 0. The summed E-state index contributed by atoms with van der Waals surface area (Å²) in [5, 5.41) is 12.5. The van der Waals surface area contributed by atoms with Crippen LogP contribution in [0.3, 0.4) is 0 Å². The number of benzene rings is 2. The van der Waals surface area contributed by atoms with Gasteiger partial charge in [-0.25, -0.2) is 4.79 Å². The van der Waals surface area contributed by atoms with Crippen molar-refractivity contribution in [2.75, 3.05) is 11.9 Å².